The van der Waals surface area contributed by atoms with E-state index in [1.807, 2.05) is 0 Å². The lowest BCUT2D eigenvalue weighted by molar-refractivity contribution is 0.464. The number of nitrogens with one attached hydrogen (secondary N) is 1. The number of hydrogen-bond acceptors (Lipinski definition) is 1. The van der Waals surface area contributed by atoms with Crippen LogP contribution in [0.5, 0.6) is 0 Å². The molecule has 0 fully saturated rings. The van der Waals surface area contributed by atoms with Crippen molar-refractivity contribution in [2.45, 2.75) is 6.42 Å². The monoisotopic (exact) mass is 115 g/mol. The molecule has 1 N–H and O–H groups in total. The van der Waals surface area contributed by atoms with E-state index in [2.05, 4.69) is 11.2 Å². The number of halogens is 1. The van der Waals surface area contributed by atoms with Crippen LogP contribution in [-0.2, 0) is 0 Å². The second-order valence-electron chi connectivity index (χ2n) is 1.42. The summed E-state index contributed by atoms with van der Waals surface area (Å²) in [5.41, 5.74) is 0. The Labute approximate surface area is 49.3 Å². The molecule has 0 heterocycles. The highest BCUT2D eigenvalue weighted by molar-refractivity contribution is 4.86. The third-order valence-corrected chi connectivity index (χ3v) is 0.714. The zero-order chi connectivity index (χ0) is 6.24. The Morgan fingerprint density at radius 1 is 1.62 bits per heavy atom. The Bertz CT molecular complexity index is 75.1. The summed E-state index contributed by atoms with van der Waals surface area (Å²) in [5.74, 6) is 2.39. The Kier molecular flexibility index (Phi) is 6.01. The Balaban J connectivity index is 2.65. The van der Waals surface area contributed by atoms with E-state index < -0.39 is 0 Å². The first-order chi connectivity index (χ1) is 3.91. The summed E-state index contributed by atoms with van der Waals surface area (Å²) >= 11 is 0. The molecule has 0 spiro atoms. The van der Waals surface area contributed by atoms with Gasteiger partial charge >= 0.3 is 0 Å². The average Bonchev–Trinajstić information content (AvgIpc) is 1.81. The number of alkyl halides is 1. The lowest BCUT2D eigenvalue weighted by Crippen LogP contribution is -2.15. The van der Waals surface area contributed by atoms with Gasteiger partial charge < -0.3 is 5.32 Å². The van der Waals surface area contributed by atoms with Gasteiger partial charge in [-0.05, 0) is 13.0 Å². The van der Waals surface area contributed by atoms with Crippen molar-refractivity contribution >= 4 is 0 Å². The Morgan fingerprint density at radius 3 is 2.88 bits per heavy atom. The van der Waals surface area contributed by atoms with E-state index in [0.717, 1.165) is 0 Å². The number of terminal acetylenes is 1. The molecule has 0 aliphatic heterocycles. The maximum absolute atomic E-state index is 11.3. The van der Waals surface area contributed by atoms with E-state index >= 15 is 0 Å². The van der Waals surface area contributed by atoms with Crippen molar-refractivity contribution in [1.29, 1.82) is 0 Å². The zero-order valence-electron chi connectivity index (χ0n) is 4.78. The summed E-state index contributed by atoms with van der Waals surface area (Å²) in [6, 6.07) is 0. The van der Waals surface area contributed by atoms with Crippen molar-refractivity contribution in [1.82, 2.24) is 5.32 Å². The first-order valence-corrected chi connectivity index (χ1v) is 2.62. The van der Waals surface area contributed by atoms with Gasteiger partial charge in [-0.3, -0.25) is 4.39 Å². The topological polar surface area (TPSA) is 12.0 Å². The van der Waals surface area contributed by atoms with Crippen molar-refractivity contribution in [2.24, 2.45) is 0 Å². The molecule has 0 radical (unpaired) electrons. The summed E-state index contributed by atoms with van der Waals surface area (Å²) in [5, 5.41) is 2.86. The number of hydrogen-bond donors (Lipinski definition) is 1. The van der Waals surface area contributed by atoms with E-state index in [-0.39, 0.29) is 6.67 Å². The van der Waals surface area contributed by atoms with Crippen LogP contribution < -0.4 is 5.32 Å². The van der Waals surface area contributed by atoms with Gasteiger partial charge in [-0.2, -0.15) is 0 Å². The van der Waals surface area contributed by atoms with Gasteiger partial charge in [0.05, 0.1) is 13.2 Å². The highest BCUT2D eigenvalue weighted by Gasteiger charge is 1.81. The molecule has 0 unspecified atom stereocenters. The van der Waals surface area contributed by atoms with Crippen LogP contribution in [-0.4, -0.2) is 19.8 Å². The third-order valence-electron chi connectivity index (χ3n) is 0.714. The molecule has 0 amide bonds. The molecule has 0 atom stereocenters. The van der Waals surface area contributed by atoms with Gasteiger partial charge in [0.25, 0.3) is 0 Å². The van der Waals surface area contributed by atoms with Crippen LogP contribution in [0.15, 0.2) is 0 Å². The van der Waals surface area contributed by atoms with E-state index in [1.54, 1.807) is 0 Å². The highest BCUT2D eigenvalue weighted by Crippen LogP contribution is 1.74. The molecule has 0 rings (SSSR count). The van der Waals surface area contributed by atoms with Gasteiger partial charge in [0.15, 0.2) is 0 Å². The smallest absolute Gasteiger partial charge is 0.0906 e. The van der Waals surface area contributed by atoms with Crippen molar-refractivity contribution in [3.05, 3.63) is 0 Å². The molecule has 0 aromatic heterocycles. The van der Waals surface area contributed by atoms with E-state index in [0.29, 0.717) is 19.5 Å². The minimum Gasteiger partial charge on any atom is -0.306 e. The standard InChI is InChI=1S/C6H10FN/c1-2-5-8-6-3-4-7/h1,8H,3-6H2. The van der Waals surface area contributed by atoms with Crippen LogP contribution in [0.1, 0.15) is 6.42 Å². The molecule has 8 heavy (non-hydrogen) atoms. The second kappa shape index (κ2) is 6.45. The van der Waals surface area contributed by atoms with Gasteiger partial charge in [-0.1, -0.05) is 5.92 Å². The van der Waals surface area contributed by atoms with Crippen LogP contribution >= 0.6 is 0 Å². The zero-order valence-corrected chi connectivity index (χ0v) is 4.78. The van der Waals surface area contributed by atoms with Crippen LogP contribution in [0.3, 0.4) is 0 Å². The van der Waals surface area contributed by atoms with Crippen molar-refractivity contribution in [3.8, 4) is 12.3 Å². The van der Waals surface area contributed by atoms with Crippen LogP contribution in [0.4, 0.5) is 4.39 Å². The van der Waals surface area contributed by atoms with Crippen molar-refractivity contribution in [2.75, 3.05) is 19.8 Å². The SMILES string of the molecule is C#CCNCCCF. The molecule has 0 aromatic carbocycles. The Morgan fingerprint density at radius 2 is 2.38 bits per heavy atom. The maximum atomic E-state index is 11.3. The van der Waals surface area contributed by atoms with Gasteiger partial charge in [-0.15, -0.1) is 6.42 Å². The molecular weight excluding hydrogens is 105 g/mol. The molecule has 0 aromatic rings. The normalized spacial score (nSPS) is 8.50. The average molecular weight is 115 g/mol. The summed E-state index contributed by atoms with van der Waals surface area (Å²) in [6.07, 6.45) is 5.46. The molecular formula is C6H10FN. The Hall–Kier alpha value is -0.550. The minimum atomic E-state index is -0.266. The molecule has 0 aliphatic carbocycles. The number of rotatable bonds is 4. The second-order valence-corrected chi connectivity index (χ2v) is 1.42. The molecule has 0 saturated heterocycles. The quantitative estimate of drug-likeness (QED) is 0.417. The lowest BCUT2D eigenvalue weighted by atomic mass is 10.4. The first-order valence-electron chi connectivity index (χ1n) is 2.62. The van der Waals surface area contributed by atoms with E-state index in [1.165, 1.54) is 0 Å². The highest BCUT2D eigenvalue weighted by atomic mass is 19.1. The molecule has 1 nitrogen and oxygen atoms in total. The predicted octanol–water partition coefficient (Wildman–Crippen LogP) is 0.569. The summed E-state index contributed by atoms with van der Waals surface area (Å²) < 4.78 is 11.3. The third kappa shape index (κ3) is 5.45. The lowest BCUT2D eigenvalue weighted by Gasteiger charge is -1.93. The largest absolute Gasteiger partial charge is 0.306 e. The van der Waals surface area contributed by atoms with Crippen LogP contribution in [0, 0.1) is 12.3 Å². The molecule has 2 heteroatoms. The fourth-order valence-corrected chi connectivity index (χ4v) is 0.352. The molecule has 0 saturated carbocycles. The summed E-state index contributed by atoms with van der Waals surface area (Å²) in [6.45, 7) is 0.957. The van der Waals surface area contributed by atoms with E-state index in [9.17, 15) is 4.39 Å². The molecule has 0 aliphatic rings. The van der Waals surface area contributed by atoms with Crippen LogP contribution in [0.25, 0.3) is 0 Å². The maximum Gasteiger partial charge on any atom is 0.0906 e. The van der Waals surface area contributed by atoms with Crippen molar-refractivity contribution < 1.29 is 4.39 Å². The predicted molar refractivity (Wildman–Crippen MR) is 32.3 cm³/mol. The van der Waals surface area contributed by atoms with Crippen molar-refractivity contribution in [3.63, 3.8) is 0 Å². The summed E-state index contributed by atoms with van der Waals surface area (Å²) in [4.78, 5) is 0. The minimum absolute atomic E-state index is 0.266. The van der Waals surface area contributed by atoms with Crippen LogP contribution in [0.2, 0.25) is 0 Å². The van der Waals surface area contributed by atoms with Gasteiger partial charge in [-0.25, -0.2) is 0 Å². The van der Waals surface area contributed by atoms with Gasteiger partial charge in [0.1, 0.15) is 0 Å². The van der Waals surface area contributed by atoms with E-state index in [4.69, 9.17) is 6.42 Å². The van der Waals surface area contributed by atoms with Gasteiger partial charge in [0, 0.05) is 0 Å². The fraction of sp³-hybridized carbons (Fsp3) is 0.667. The first kappa shape index (κ1) is 7.45. The summed E-state index contributed by atoms with van der Waals surface area (Å²) in [7, 11) is 0. The molecule has 46 valence electrons. The van der Waals surface area contributed by atoms with Gasteiger partial charge in [0.2, 0.25) is 0 Å². The molecule has 0 bridgehead atoms. The fourth-order valence-electron chi connectivity index (χ4n) is 0.352.